The first kappa shape index (κ1) is 21.7. The Kier molecular flexibility index (Phi) is 7.23. The monoisotopic (exact) mass is 439 g/mol. The second-order valence-corrected chi connectivity index (χ2v) is 8.89. The zero-order valence-corrected chi connectivity index (χ0v) is 18.2. The molecule has 0 unspecified atom stereocenters. The zero-order valence-electron chi connectivity index (χ0n) is 16.6. The Bertz CT molecular complexity index is 914. The highest BCUT2D eigenvalue weighted by molar-refractivity contribution is 7.89. The van der Waals surface area contributed by atoms with Gasteiger partial charge in [0.05, 0.1) is 14.2 Å². The van der Waals surface area contributed by atoms with Crippen molar-refractivity contribution in [3.63, 3.8) is 0 Å². The number of sulfonamides is 1. The van der Waals surface area contributed by atoms with Crippen molar-refractivity contribution in [1.82, 2.24) is 9.62 Å². The molecule has 1 aliphatic heterocycles. The third-order valence-electron chi connectivity index (χ3n) is 4.94. The first-order valence-electron chi connectivity index (χ1n) is 9.37. The molecular weight excluding hydrogens is 414 g/mol. The summed E-state index contributed by atoms with van der Waals surface area (Å²) in [5.41, 5.74) is 1.15. The average molecular weight is 440 g/mol. The van der Waals surface area contributed by atoms with Crippen molar-refractivity contribution in [2.45, 2.75) is 4.90 Å². The maximum atomic E-state index is 12.7. The first-order valence-corrected chi connectivity index (χ1v) is 11.2. The van der Waals surface area contributed by atoms with Crippen LogP contribution in [0.2, 0.25) is 5.02 Å². The molecule has 0 aliphatic carbocycles. The summed E-state index contributed by atoms with van der Waals surface area (Å²) in [6, 6.07) is 12.5. The fraction of sp³-hybridized carbons (Fsp3) is 0.400. The largest absolute Gasteiger partial charge is 0.497 e. The highest BCUT2D eigenvalue weighted by atomic mass is 35.5. The lowest BCUT2D eigenvalue weighted by molar-refractivity contribution is 0.262. The molecule has 2 aromatic carbocycles. The van der Waals surface area contributed by atoms with Gasteiger partial charge in [0.1, 0.15) is 16.4 Å². The van der Waals surface area contributed by atoms with Gasteiger partial charge in [-0.1, -0.05) is 11.6 Å². The topological polar surface area (TPSA) is 71.1 Å². The van der Waals surface area contributed by atoms with Gasteiger partial charge in [-0.15, -0.1) is 0 Å². The summed E-state index contributed by atoms with van der Waals surface area (Å²) in [6.45, 7) is 4.47. The van der Waals surface area contributed by atoms with E-state index in [-0.39, 0.29) is 10.6 Å². The van der Waals surface area contributed by atoms with Crippen LogP contribution in [-0.2, 0) is 10.0 Å². The number of benzene rings is 2. The lowest BCUT2D eigenvalue weighted by Gasteiger charge is -2.36. The van der Waals surface area contributed by atoms with E-state index in [1.165, 1.54) is 20.3 Å². The van der Waals surface area contributed by atoms with E-state index in [1.54, 1.807) is 12.1 Å². The minimum absolute atomic E-state index is 0.0758. The maximum Gasteiger partial charge on any atom is 0.244 e. The van der Waals surface area contributed by atoms with Crippen LogP contribution in [-0.4, -0.2) is 66.8 Å². The van der Waals surface area contributed by atoms with E-state index in [4.69, 9.17) is 21.1 Å². The normalized spacial score (nSPS) is 15.3. The number of anilines is 1. The molecule has 1 aliphatic rings. The van der Waals surface area contributed by atoms with E-state index in [9.17, 15) is 8.42 Å². The van der Waals surface area contributed by atoms with Gasteiger partial charge in [-0.05, 0) is 36.4 Å². The molecule has 29 heavy (non-hydrogen) atoms. The number of nitrogens with one attached hydrogen (secondary N) is 1. The van der Waals surface area contributed by atoms with Crippen LogP contribution in [0.5, 0.6) is 11.5 Å². The van der Waals surface area contributed by atoms with Crippen LogP contribution in [0.25, 0.3) is 0 Å². The molecule has 1 N–H and O–H groups in total. The van der Waals surface area contributed by atoms with Crippen molar-refractivity contribution in [2.24, 2.45) is 0 Å². The maximum absolute atomic E-state index is 12.7. The number of hydrogen-bond acceptors (Lipinski definition) is 6. The van der Waals surface area contributed by atoms with E-state index in [0.29, 0.717) is 18.8 Å². The number of piperazine rings is 1. The Morgan fingerprint density at radius 1 is 1.00 bits per heavy atom. The average Bonchev–Trinajstić information content (AvgIpc) is 2.74. The van der Waals surface area contributed by atoms with Gasteiger partial charge in [-0.2, -0.15) is 0 Å². The second kappa shape index (κ2) is 9.67. The van der Waals surface area contributed by atoms with Gasteiger partial charge in [0.25, 0.3) is 0 Å². The summed E-state index contributed by atoms with van der Waals surface area (Å²) < 4.78 is 38.4. The molecule has 0 amide bonds. The Labute approximate surface area is 177 Å². The van der Waals surface area contributed by atoms with Crippen molar-refractivity contribution in [1.29, 1.82) is 0 Å². The van der Waals surface area contributed by atoms with Gasteiger partial charge in [-0.3, -0.25) is 4.90 Å². The second-order valence-electron chi connectivity index (χ2n) is 6.72. The molecule has 3 rings (SSSR count). The van der Waals surface area contributed by atoms with Crippen LogP contribution < -0.4 is 19.1 Å². The predicted molar refractivity (Wildman–Crippen MR) is 115 cm³/mol. The lowest BCUT2D eigenvalue weighted by Crippen LogP contribution is -2.48. The minimum atomic E-state index is -3.70. The molecule has 0 aromatic heterocycles. The summed E-state index contributed by atoms with van der Waals surface area (Å²) in [5.74, 6) is 0.749. The number of hydrogen-bond donors (Lipinski definition) is 1. The Morgan fingerprint density at radius 3 is 2.31 bits per heavy atom. The molecule has 9 heteroatoms. The minimum Gasteiger partial charge on any atom is -0.497 e. The number of rotatable bonds is 8. The zero-order chi connectivity index (χ0) is 20.9. The van der Waals surface area contributed by atoms with Crippen LogP contribution in [0, 0.1) is 0 Å². The summed E-state index contributed by atoms with van der Waals surface area (Å²) in [4.78, 5) is 4.63. The summed E-state index contributed by atoms with van der Waals surface area (Å²) in [6.07, 6.45) is 0. The van der Waals surface area contributed by atoms with E-state index >= 15 is 0 Å². The molecule has 0 saturated carbocycles. The fourth-order valence-corrected chi connectivity index (χ4v) is 4.62. The molecule has 1 saturated heterocycles. The van der Waals surface area contributed by atoms with Crippen LogP contribution in [0.3, 0.4) is 0 Å². The first-order chi connectivity index (χ1) is 13.9. The van der Waals surface area contributed by atoms with Crippen molar-refractivity contribution in [3.05, 3.63) is 47.5 Å². The van der Waals surface area contributed by atoms with E-state index in [0.717, 1.165) is 36.9 Å². The van der Waals surface area contributed by atoms with Crippen molar-refractivity contribution in [2.75, 3.05) is 58.4 Å². The molecule has 0 spiro atoms. The van der Waals surface area contributed by atoms with E-state index in [2.05, 4.69) is 14.5 Å². The summed E-state index contributed by atoms with van der Waals surface area (Å²) >= 11 is 5.95. The van der Waals surface area contributed by atoms with Crippen molar-refractivity contribution in [3.8, 4) is 11.5 Å². The van der Waals surface area contributed by atoms with Crippen LogP contribution in [0.4, 0.5) is 5.69 Å². The van der Waals surface area contributed by atoms with Crippen LogP contribution in [0.1, 0.15) is 0 Å². The van der Waals surface area contributed by atoms with Crippen molar-refractivity contribution < 1.29 is 17.9 Å². The van der Waals surface area contributed by atoms with Gasteiger partial charge in [0.15, 0.2) is 0 Å². The smallest absolute Gasteiger partial charge is 0.244 e. The third-order valence-corrected chi connectivity index (χ3v) is 6.68. The fourth-order valence-electron chi connectivity index (χ4n) is 3.29. The Hall–Kier alpha value is -2.00. The standard InChI is InChI=1S/C20H26ClN3O4S/c1-27-18-7-8-19(28-2)20(15-18)29(25,26)22-9-10-23-11-13-24(14-12-23)17-5-3-16(21)4-6-17/h3-8,15,22H,9-14H2,1-2H3. The quantitative estimate of drug-likeness (QED) is 0.681. The van der Waals surface area contributed by atoms with Gasteiger partial charge in [-0.25, -0.2) is 13.1 Å². The highest BCUT2D eigenvalue weighted by Gasteiger charge is 2.22. The van der Waals surface area contributed by atoms with Gasteiger partial charge in [0.2, 0.25) is 10.0 Å². The van der Waals surface area contributed by atoms with E-state index in [1.807, 2.05) is 24.3 Å². The summed E-state index contributed by atoms with van der Waals surface area (Å²) in [5, 5.41) is 0.729. The molecule has 0 atom stereocenters. The highest BCUT2D eigenvalue weighted by Crippen LogP contribution is 2.28. The molecule has 0 radical (unpaired) electrons. The Balaban J connectivity index is 1.52. The SMILES string of the molecule is COc1ccc(OC)c(S(=O)(=O)NCCN2CCN(c3ccc(Cl)cc3)CC2)c1. The number of nitrogens with zero attached hydrogens (tertiary/aromatic N) is 2. The molecule has 1 heterocycles. The molecule has 2 aromatic rings. The van der Waals surface area contributed by atoms with Gasteiger partial charge >= 0.3 is 0 Å². The Morgan fingerprint density at radius 2 is 1.69 bits per heavy atom. The molecule has 0 bridgehead atoms. The van der Waals surface area contributed by atoms with E-state index < -0.39 is 10.0 Å². The predicted octanol–water partition coefficient (Wildman–Crippen LogP) is 2.46. The third kappa shape index (κ3) is 5.54. The van der Waals surface area contributed by atoms with Gasteiger partial charge < -0.3 is 14.4 Å². The van der Waals surface area contributed by atoms with Crippen LogP contribution >= 0.6 is 11.6 Å². The lowest BCUT2D eigenvalue weighted by atomic mass is 10.2. The van der Waals surface area contributed by atoms with Crippen LogP contribution in [0.15, 0.2) is 47.4 Å². The number of methoxy groups -OCH3 is 2. The molecule has 7 nitrogen and oxygen atoms in total. The number of ether oxygens (including phenoxy) is 2. The van der Waals surface area contributed by atoms with Gasteiger partial charge in [0, 0.05) is 56.0 Å². The summed E-state index contributed by atoms with van der Waals surface area (Å²) in [7, 11) is -0.758. The molecule has 1 fully saturated rings. The van der Waals surface area contributed by atoms with Crippen molar-refractivity contribution >= 4 is 27.3 Å². The molecule has 158 valence electrons. The number of halogens is 1. The molecular formula is C20H26ClN3O4S.